The number of piperidine rings is 1. The van der Waals surface area contributed by atoms with Crippen LogP contribution in [0, 0.1) is 5.92 Å². The minimum absolute atomic E-state index is 0.146. The first-order chi connectivity index (χ1) is 7.89. The van der Waals surface area contributed by atoms with Crippen molar-refractivity contribution in [2.45, 2.75) is 51.8 Å². The fraction of sp³-hybridized carbons (Fsp3) is 1.00. The fourth-order valence-corrected chi connectivity index (χ4v) is 4.19. The summed E-state index contributed by atoms with van der Waals surface area (Å²) in [6, 6.07) is 0.146. The molecule has 0 saturated carbocycles. The summed E-state index contributed by atoms with van der Waals surface area (Å²) < 4.78 is 26.5. The second-order valence-corrected chi connectivity index (χ2v) is 7.56. The molecule has 1 saturated heterocycles. The van der Waals surface area contributed by atoms with Crippen molar-refractivity contribution in [1.29, 1.82) is 0 Å². The zero-order valence-electron chi connectivity index (χ0n) is 11.4. The van der Waals surface area contributed by atoms with Crippen molar-refractivity contribution in [3.8, 4) is 0 Å². The van der Waals surface area contributed by atoms with E-state index in [1.165, 1.54) is 0 Å². The molecule has 17 heavy (non-hydrogen) atoms. The number of hydrogen-bond donors (Lipinski definition) is 1. The molecule has 0 aliphatic carbocycles. The normalized spacial score (nSPS) is 29.2. The maximum Gasteiger partial charge on any atom is 0.218 e. The Balaban J connectivity index is 2.69. The van der Waals surface area contributed by atoms with Gasteiger partial charge in [-0.3, -0.25) is 0 Å². The van der Waals surface area contributed by atoms with Gasteiger partial charge in [-0.05, 0) is 39.2 Å². The number of rotatable bonds is 5. The number of hydrogen-bond acceptors (Lipinski definition) is 3. The number of nitrogens with one attached hydrogen (secondary N) is 1. The third kappa shape index (κ3) is 3.66. The molecule has 1 fully saturated rings. The molecule has 0 amide bonds. The first-order valence-corrected chi connectivity index (χ1v) is 8.11. The van der Waals surface area contributed by atoms with Crippen LogP contribution in [0.5, 0.6) is 0 Å². The smallest absolute Gasteiger partial charge is 0.218 e. The lowest BCUT2D eigenvalue weighted by molar-refractivity contribution is 0.218. The van der Waals surface area contributed by atoms with Crippen LogP contribution in [0.25, 0.3) is 0 Å². The molecule has 1 heterocycles. The van der Waals surface area contributed by atoms with E-state index in [1.807, 2.05) is 13.8 Å². The van der Waals surface area contributed by atoms with Crippen molar-refractivity contribution in [3.63, 3.8) is 0 Å². The highest BCUT2D eigenvalue weighted by atomic mass is 32.2. The van der Waals surface area contributed by atoms with Crippen LogP contribution < -0.4 is 5.32 Å². The van der Waals surface area contributed by atoms with Crippen LogP contribution in [0.4, 0.5) is 0 Å². The molecule has 0 spiro atoms. The monoisotopic (exact) mass is 262 g/mol. The minimum Gasteiger partial charge on any atom is -0.316 e. The number of sulfonamides is 1. The lowest BCUT2D eigenvalue weighted by Crippen LogP contribution is -2.49. The molecule has 1 N–H and O–H groups in total. The second kappa shape index (κ2) is 6.16. The number of nitrogens with zero attached hydrogens (tertiary/aromatic N) is 1. The van der Waals surface area contributed by atoms with Gasteiger partial charge in [-0.1, -0.05) is 13.8 Å². The average Bonchev–Trinajstić information content (AvgIpc) is 2.25. The van der Waals surface area contributed by atoms with E-state index in [0.717, 1.165) is 19.4 Å². The van der Waals surface area contributed by atoms with Gasteiger partial charge >= 0.3 is 0 Å². The summed E-state index contributed by atoms with van der Waals surface area (Å²) in [7, 11) is -3.14. The SMILES string of the molecule is CCNCC(C)S(=O)(=O)N1CCC(C)CC1C. The van der Waals surface area contributed by atoms with E-state index in [1.54, 1.807) is 11.2 Å². The van der Waals surface area contributed by atoms with Gasteiger partial charge < -0.3 is 5.32 Å². The summed E-state index contributed by atoms with van der Waals surface area (Å²) in [5.74, 6) is 0.639. The zero-order chi connectivity index (χ0) is 13.1. The van der Waals surface area contributed by atoms with E-state index < -0.39 is 10.0 Å². The average molecular weight is 262 g/mol. The molecule has 1 rings (SSSR count). The van der Waals surface area contributed by atoms with E-state index >= 15 is 0 Å². The van der Waals surface area contributed by atoms with Crippen molar-refractivity contribution in [1.82, 2.24) is 9.62 Å². The van der Waals surface area contributed by atoms with Gasteiger partial charge in [0.1, 0.15) is 0 Å². The van der Waals surface area contributed by atoms with Crippen molar-refractivity contribution in [2.24, 2.45) is 5.92 Å². The second-order valence-electron chi connectivity index (χ2n) is 5.25. The maximum absolute atomic E-state index is 12.4. The largest absolute Gasteiger partial charge is 0.316 e. The van der Waals surface area contributed by atoms with Crippen molar-refractivity contribution < 1.29 is 8.42 Å². The predicted molar refractivity (Wildman–Crippen MR) is 71.5 cm³/mol. The maximum atomic E-state index is 12.4. The summed E-state index contributed by atoms with van der Waals surface area (Å²) in [4.78, 5) is 0. The first kappa shape index (κ1) is 14.9. The molecule has 3 unspecified atom stereocenters. The van der Waals surface area contributed by atoms with Crippen molar-refractivity contribution in [2.75, 3.05) is 19.6 Å². The van der Waals surface area contributed by atoms with Gasteiger partial charge in [0.2, 0.25) is 10.0 Å². The molecule has 0 aromatic heterocycles. The van der Waals surface area contributed by atoms with Crippen LogP contribution >= 0.6 is 0 Å². The molecule has 0 aromatic rings. The topological polar surface area (TPSA) is 49.4 Å². The van der Waals surface area contributed by atoms with E-state index in [0.29, 0.717) is 19.0 Å². The minimum atomic E-state index is -3.14. The van der Waals surface area contributed by atoms with Gasteiger partial charge in [0, 0.05) is 19.1 Å². The molecule has 5 heteroatoms. The molecule has 102 valence electrons. The summed E-state index contributed by atoms with van der Waals surface area (Å²) in [5, 5.41) is 2.78. The fourth-order valence-electron chi connectivity index (χ4n) is 2.45. The van der Waals surface area contributed by atoms with Crippen molar-refractivity contribution >= 4 is 10.0 Å². The van der Waals surface area contributed by atoms with E-state index in [-0.39, 0.29) is 11.3 Å². The third-order valence-electron chi connectivity index (χ3n) is 3.59. The first-order valence-electron chi connectivity index (χ1n) is 6.61. The third-order valence-corrected chi connectivity index (χ3v) is 5.97. The summed E-state index contributed by atoms with van der Waals surface area (Å²) >= 11 is 0. The highest BCUT2D eigenvalue weighted by Gasteiger charge is 2.35. The van der Waals surface area contributed by atoms with Gasteiger partial charge in [-0.2, -0.15) is 4.31 Å². The van der Waals surface area contributed by atoms with Gasteiger partial charge in [0.15, 0.2) is 0 Å². The Kier molecular flexibility index (Phi) is 5.41. The molecular formula is C12H26N2O2S. The van der Waals surface area contributed by atoms with Gasteiger partial charge in [-0.15, -0.1) is 0 Å². The van der Waals surface area contributed by atoms with Gasteiger partial charge in [0.05, 0.1) is 5.25 Å². The summed E-state index contributed by atoms with van der Waals surface area (Å²) in [5.41, 5.74) is 0. The van der Waals surface area contributed by atoms with Gasteiger partial charge in [0.25, 0.3) is 0 Å². The molecular weight excluding hydrogens is 236 g/mol. The lowest BCUT2D eigenvalue weighted by atomic mass is 9.95. The lowest BCUT2D eigenvalue weighted by Gasteiger charge is -2.37. The Morgan fingerprint density at radius 1 is 1.41 bits per heavy atom. The summed E-state index contributed by atoms with van der Waals surface area (Å²) in [6.45, 7) is 10.0. The predicted octanol–water partition coefficient (Wildman–Crippen LogP) is 1.43. The Bertz CT molecular complexity index is 329. The van der Waals surface area contributed by atoms with E-state index in [2.05, 4.69) is 12.2 Å². The Morgan fingerprint density at radius 3 is 2.59 bits per heavy atom. The highest BCUT2D eigenvalue weighted by Crippen LogP contribution is 2.26. The molecule has 3 atom stereocenters. The zero-order valence-corrected chi connectivity index (χ0v) is 12.3. The van der Waals surface area contributed by atoms with Crippen LogP contribution in [-0.2, 0) is 10.0 Å². The van der Waals surface area contributed by atoms with Crippen molar-refractivity contribution in [3.05, 3.63) is 0 Å². The summed E-state index contributed by atoms with van der Waals surface area (Å²) in [6.07, 6.45) is 1.96. The molecule has 1 aliphatic heterocycles. The van der Waals surface area contributed by atoms with E-state index in [9.17, 15) is 8.42 Å². The van der Waals surface area contributed by atoms with Crippen LogP contribution in [0.1, 0.15) is 40.5 Å². The quantitative estimate of drug-likeness (QED) is 0.815. The van der Waals surface area contributed by atoms with E-state index in [4.69, 9.17) is 0 Å². The molecule has 0 aromatic carbocycles. The van der Waals surface area contributed by atoms with Crippen LogP contribution in [-0.4, -0.2) is 43.6 Å². The standard InChI is InChI=1S/C12H26N2O2S/c1-5-13-9-12(4)17(15,16)14-7-6-10(2)8-11(14)3/h10-13H,5-9H2,1-4H3. The van der Waals surface area contributed by atoms with Crippen LogP contribution in [0.2, 0.25) is 0 Å². The van der Waals surface area contributed by atoms with Crippen LogP contribution in [0.15, 0.2) is 0 Å². The van der Waals surface area contributed by atoms with Gasteiger partial charge in [-0.25, -0.2) is 8.42 Å². The molecule has 0 radical (unpaired) electrons. The van der Waals surface area contributed by atoms with Crippen LogP contribution in [0.3, 0.4) is 0 Å². The highest BCUT2D eigenvalue weighted by molar-refractivity contribution is 7.89. The molecule has 0 bridgehead atoms. The molecule has 4 nitrogen and oxygen atoms in total. The Hall–Kier alpha value is -0.130. The Labute approximate surface area is 106 Å². The Morgan fingerprint density at radius 2 is 2.06 bits per heavy atom. The molecule has 1 aliphatic rings.